The number of halogens is 1. The van der Waals surface area contributed by atoms with Gasteiger partial charge in [0.15, 0.2) is 5.96 Å². The van der Waals surface area contributed by atoms with Gasteiger partial charge in [0.1, 0.15) is 6.54 Å². The largest absolute Gasteiger partial charge is 0.382 e. The summed E-state index contributed by atoms with van der Waals surface area (Å²) >= 11 is 0. The fourth-order valence-corrected chi connectivity index (χ4v) is 2.77. The molecular formula is C19H38IN5O3. The first-order valence-corrected chi connectivity index (χ1v) is 9.96. The molecule has 0 aromatic carbocycles. The molecule has 0 aromatic heterocycles. The maximum Gasteiger partial charge on any atom is 0.243 e. The van der Waals surface area contributed by atoms with Crippen LogP contribution in [0.25, 0.3) is 0 Å². The maximum atomic E-state index is 12.1. The lowest BCUT2D eigenvalue weighted by Gasteiger charge is -2.34. The van der Waals surface area contributed by atoms with Crippen molar-refractivity contribution >= 4 is 41.8 Å². The number of rotatable bonds is 9. The number of piperidine rings is 1. The van der Waals surface area contributed by atoms with Crippen molar-refractivity contribution in [3.8, 4) is 0 Å². The van der Waals surface area contributed by atoms with E-state index in [1.54, 1.807) is 14.1 Å². The van der Waals surface area contributed by atoms with Crippen molar-refractivity contribution in [1.29, 1.82) is 0 Å². The Kier molecular flexibility index (Phi) is 14.3. The van der Waals surface area contributed by atoms with E-state index in [9.17, 15) is 9.59 Å². The van der Waals surface area contributed by atoms with Crippen molar-refractivity contribution in [3.05, 3.63) is 0 Å². The molecule has 1 fully saturated rings. The van der Waals surface area contributed by atoms with E-state index in [-0.39, 0.29) is 54.3 Å². The Morgan fingerprint density at radius 3 is 2.43 bits per heavy atom. The summed E-state index contributed by atoms with van der Waals surface area (Å²) in [5.74, 6) is 0.863. The molecule has 1 aliphatic rings. The SMILES string of the molecule is CCOCCCNC(=NCC(=O)N(C)C)NC1CCN(C(=O)C(C)C)CC1.I. The van der Waals surface area contributed by atoms with Crippen molar-refractivity contribution in [3.63, 3.8) is 0 Å². The Balaban J connectivity index is 0.00000729. The fourth-order valence-electron chi connectivity index (χ4n) is 2.77. The average molecular weight is 511 g/mol. The normalized spacial score (nSPS) is 15.2. The molecule has 0 bridgehead atoms. The fraction of sp³-hybridized carbons (Fsp3) is 0.842. The Morgan fingerprint density at radius 1 is 1.25 bits per heavy atom. The molecular weight excluding hydrogens is 473 g/mol. The highest BCUT2D eigenvalue weighted by atomic mass is 127. The quantitative estimate of drug-likeness (QED) is 0.211. The van der Waals surface area contributed by atoms with E-state index in [2.05, 4.69) is 15.6 Å². The summed E-state index contributed by atoms with van der Waals surface area (Å²) in [6.07, 6.45) is 2.62. The van der Waals surface area contributed by atoms with Crippen LogP contribution in [0.1, 0.15) is 40.0 Å². The van der Waals surface area contributed by atoms with Crippen molar-refractivity contribution in [2.45, 2.75) is 46.1 Å². The number of guanidine groups is 1. The summed E-state index contributed by atoms with van der Waals surface area (Å²) in [6, 6.07) is 0.244. The predicted octanol–water partition coefficient (Wildman–Crippen LogP) is 1.30. The van der Waals surface area contributed by atoms with E-state index < -0.39 is 0 Å². The molecule has 164 valence electrons. The monoisotopic (exact) mass is 511 g/mol. The van der Waals surface area contributed by atoms with Crippen LogP contribution in [0.5, 0.6) is 0 Å². The van der Waals surface area contributed by atoms with Gasteiger partial charge in [-0.1, -0.05) is 13.8 Å². The van der Waals surface area contributed by atoms with Crippen LogP contribution in [0.15, 0.2) is 4.99 Å². The van der Waals surface area contributed by atoms with Crippen LogP contribution >= 0.6 is 24.0 Å². The lowest BCUT2D eigenvalue weighted by atomic mass is 10.0. The molecule has 2 N–H and O–H groups in total. The van der Waals surface area contributed by atoms with Crippen LogP contribution in [0.2, 0.25) is 0 Å². The number of carbonyl (C=O) groups excluding carboxylic acids is 2. The zero-order valence-electron chi connectivity index (χ0n) is 18.0. The Hall–Kier alpha value is -1.10. The number of ether oxygens (including phenoxy) is 1. The Morgan fingerprint density at radius 2 is 1.89 bits per heavy atom. The number of hydrogen-bond donors (Lipinski definition) is 2. The van der Waals surface area contributed by atoms with Gasteiger partial charge in [-0.3, -0.25) is 9.59 Å². The number of likely N-dealkylation sites (tertiary alicyclic amines) is 1. The van der Waals surface area contributed by atoms with E-state index >= 15 is 0 Å². The van der Waals surface area contributed by atoms with Gasteiger partial charge in [0, 0.05) is 58.9 Å². The second kappa shape index (κ2) is 14.8. The smallest absolute Gasteiger partial charge is 0.243 e. The molecule has 9 heteroatoms. The van der Waals surface area contributed by atoms with Crippen molar-refractivity contribution in [2.24, 2.45) is 10.9 Å². The minimum atomic E-state index is -0.0391. The number of nitrogens with zero attached hydrogens (tertiary/aromatic N) is 3. The van der Waals surface area contributed by atoms with Gasteiger partial charge in [-0.15, -0.1) is 24.0 Å². The molecule has 0 saturated carbocycles. The van der Waals surface area contributed by atoms with E-state index in [1.165, 1.54) is 4.90 Å². The van der Waals surface area contributed by atoms with Crippen molar-refractivity contribution < 1.29 is 14.3 Å². The van der Waals surface area contributed by atoms with Crippen LogP contribution in [0, 0.1) is 5.92 Å². The van der Waals surface area contributed by atoms with Crippen LogP contribution < -0.4 is 10.6 Å². The van der Waals surface area contributed by atoms with E-state index in [0.717, 1.165) is 38.9 Å². The number of amides is 2. The van der Waals surface area contributed by atoms with Crippen LogP contribution in [0.4, 0.5) is 0 Å². The molecule has 0 aromatic rings. The first kappa shape index (κ1) is 26.9. The molecule has 0 radical (unpaired) electrons. The molecule has 2 amide bonds. The molecule has 1 rings (SSSR count). The third-order valence-corrected chi connectivity index (χ3v) is 4.47. The van der Waals surface area contributed by atoms with Crippen LogP contribution in [0.3, 0.4) is 0 Å². The first-order valence-electron chi connectivity index (χ1n) is 9.96. The van der Waals surface area contributed by atoms with Gasteiger partial charge in [-0.2, -0.15) is 0 Å². The lowest BCUT2D eigenvalue weighted by Crippen LogP contribution is -2.50. The van der Waals surface area contributed by atoms with Gasteiger partial charge < -0.3 is 25.2 Å². The van der Waals surface area contributed by atoms with Gasteiger partial charge in [0.2, 0.25) is 11.8 Å². The third kappa shape index (κ3) is 10.4. The summed E-state index contributed by atoms with van der Waals surface area (Å²) in [5, 5.41) is 6.70. The summed E-state index contributed by atoms with van der Waals surface area (Å²) in [7, 11) is 3.45. The molecule has 28 heavy (non-hydrogen) atoms. The highest BCUT2D eigenvalue weighted by molar-refractivity contribution is 14.0. The predicted molar refractivity (Wildman–Crippen MR) is 123 cm³/mol. The van der Waals surface area contributed by atoms with E-state index in [0.29, 0.717) is 19.2 Å². The molecule has 1 heterocycles. The molecule has 0 aliphatic carbocycles. The van der Waals surface area contributed by atoms with Gasteiger partial charge in [-0.05, 0) is 26.2 Å². The van der Waals surface area contributed by atoms with Gasteiger partial charge >= 0.3 is 0 Å². The number of carbonyl (C=O) groups is 2. The molecule has 1 aliphatic heterocycles. The van der Waals surface area contributed by atoms with Crippen molar-refractivity contribution in [1.82, 2.24) is 20.4 Å². The topological polar surface area (TPSA) is 86.3 Å². The first-order chi connectivity index (χ1) is 12.8. The number of likely N-dealkylation sites (N-methyl/N-ethyl adjacent to an activating group) is 1. The highest BCUT2D eigenvalue weighted by Gasteiger charge is 2.24. The summed E-state index contributed by atoms with van der Waals surface area (Å²) < 4.78 is 5.35. The molecule has 0 atom stereocenters. The van der Waals surface area contributed by atoms with E-state index in [1.807, 2.05) is 25.7 Å². The Labute approximate surface area is 186 Å². The van der Waals surface area contributed by atoms with Crippen LogP contribution in [-0.2, 0) is 14.3 Å². The second-order valence-corrected chi connectivity index (χ2v) is 7.33. The summed E-state index contributed by atoms with van der Waals surface area (Å²) in [5.41, 5.74) is 0. The van der Waals surface area contributed by atoms with Gasteiger partial charge in [0.25, 0.3) is 0 Å². The zero-order chi connectivity index (χ0) is 20.2. The molecule has 1 saturated heterocycles. The lowest BCUT2D eigenvalue weighted by molar-refractivity contribution is -0.135. The van der Waals surface area contributed by atoms with Gasteiger partial charge in [-0.25, -0.2) is 4.99 Å². The second-order valence-electron chi connectivity index (χ2n) is 7.33. The van der Waals surface area contributed by atoms with E-state index in [4.69, 9.17) is 4.74 Å². The van der Waals surface area contributed by atoms with Gasteiger partial charge in [0.05, 0.1) is 0 Å². The summed E-state index contributed by atoms with van der Waals surface area (Å²) in [6.45, 7) is 9.60. The van der Waals surface area contributed by atoms with Crippen molar-refractivity contribution in [2.75, 3.05) is 53.5 Å². The summed E-state index contributed by atoms with van der Waals surface area (Å²) in [4.78, 5) is 31.8. The standard InChI is InChI=1S/C19H37N5O3.HI/c1-6-27-13-7-10-20-19(21-14-17(25)23(4)5)22-16-8-11-24(12-9-16)18(26)15(2)3;/h15-16H,6-14H2,1-5H3,(H2,20,21,22);1H. The maximum absolute atomic E-state index is 12.1. The highest BCUT2D eigenvalue weighted by Crippen LogP contribution is 2.13. The average Bonchev–Trinajstić information content (AvgIpc) is 2.65. The Bertz CT molecular complexity index is 492. The minimum absolute atomic E-state index is 0. The molecule has 8 nitrogen and oxygen atoms in total. The van der Waals surface area contributed by atoms with Crippen LogP contribution in [-0.4, -0.2) is 87.1 Å². The number of nitrogens with one attached hydrogen (secondary N) is 2. The third-order valence-electron chi connectivity index (χ3n) is 4.47. The molecule has 0 unspecified atom stereocenters. The minimum Gasteiger partial charge on any atom is -0.382 e. The zero-order valence-corrected chi connectivity index (χ0v) is 20.3. The number of aliphatic imine (C=N–C) groups is 1. The molecule has 0 spiro atoms. The number of hydrogen-bond acceptors (Lipinski definition) is 4.